The number of carbonyl (C=O) groups excluding carboxylic acids is 2. The highest BCUT2D eigenvalue weighted by atomic mass is 16.5. The van der Waals surface area contributed by atoms with Crippen molar-refractivity contribution in [2.24, 2.45) is 0 Å². The fourth-order valence-electron chi connectivity index (χ4n) is 3.98. The lowest BCUT2D eigenvalue weighted by atomic mass is 9.95. The van der Waals surface area contributed by atoms with Crippen LogP contribution in [-0.2, 0) is 9.59 Å². The van der Waals surface area contributed by atoms with Gasteiger partial charge in [-0.05, 0) is 49.7 Å². The second kappa shape index (κ2) is 9.66. The normalized spacial score (nSPS) is 17.1. The molecule has 1 saturated heterocycles. The van der Waals surface area contributed by atoms with Crippen molar-refractivity contribution < 1.29 is 29.3 Å². The summed E-state index contributed by atoms with van der Waals surface area (Å²) >= 11 is 0. The number of aliphatic hydroxyl groups is 1. The second-order valence-corrected chi connectivity index (χ2v) is 7.47. The van der Waals surface area contributed by atoms with E-state index in [0.717, 1.165) is 0 Å². The summed E-state index contributed by atoms with van der Waals surface area (Å²) in [6.07, 6.45) is 3.08. The number of rotatable bonds is 7. The maximum Gasteiger partial charge on any atom is 0.300 e. The van der Waals surface area contributed by atoms with E-state index in [9.17, 15) is 19.8 Å². The highest BCUT2D eigenvalue weighted by molar-refractivity contribution is 6.52. The van der Waals surface area contributed by atoms with Gasteiger partial charge in [0.05, 0.1) is 36.1 Å². The number of aliphatic hydroxyl groups excluding tert-OH is 1. The first kappa shape index (κ1) is 22.8. The number of benzene rings is 2. The van der Waals surface area contributed by atoms with Gasteiger partial charge in [0.2, 0.25) is 0 Å². The van der Waals surface area contributed by atoms with Gasteiger partial charge in [-0.2, -0.15) is 0 Å². The van der Waals surface area contributed by atoms with Gasteiger partial charge < -0.3 is 19.7 Å². The number of amides is 1. The number of para-hydroxylation sites is 2. The molecule has 4 rings (SSSR count). The van der Waals surface area contributed by atoms with E-state index in [-0.39, 0.29) is 22.6 Å². The summed E-state index contributed by atoms with van der Waals surface area (Å²) in [5, 5.41) is 21.8. The number of nitrogens with zero attached hydrogens (tertiary/aromatic N) is 2. The van der Waals surface area contributed by atoms with Gasteiger partial charge in [0.15, 0.2) is 0 Å². The Morgan fingerprint density at radius 1 is 1.03 bits per heavy atom. The number of Topliss-reactive ketones (excluding diaryl/α,β-unsaturated/α-hetero) is 1. The zero-order valence-corrected chi connectivity index (χ0v) is 18.8. The van der Waals surface area contributed by atoms with Crippen LogP contribution in [0.15, 0.2) is 72.6 Å². The fraction of sp³-hybridized carbons (Fsp3) is 0.192. The van der Waals surface area contributed by atoms with Crippen molar-refractivity contribution in [1.29, 1.82) is 0 Å². The Balaban J connectivity index is 1.94. The van der Waals surface area contributed by atoms with Gasteiger partial charge in [-0.3, -0.25) is 19.5 Å². The molecule has 8 nitrogen and oxygen atoms in total. The van der Waals surface area contributed by atoms with Crippen LogP contribution in [0, 0.1) is 0 Å². The first-order chi connectivity index (χ1) is 16.5. The molecular weight excluding hydrogens is 436 g/mol. The Morgan fingerprint density at radius 3 is 2.47 bits per heavy atom. The monoisotopic (exact) mass is 460 g/mol. The molecule has 1 unspecified atom stereocenters. The molecular formula is C26H24N2O6. The number of carbonyl (C=O) groups is 2. The van der Waals surface area contributed by atoms with Gasteiger partial charge in [0.1, 0.15) is 23.0 Å². The minimum atomic E-state index is -1.01. The minimum Gasteiger partial charge on any atom is -0.507 e. The number of ketones is 1. The number of hydrogen-bond donors (Lipinski definition) is 2. The molecule has 0 bridgehead atoms. The van der Waals surface area contributed by atoms with Crippen molar-refractivity contribution in [2.75, 3.05) is 18.1 Å². The molecule has 34 heavy (non-hydrogen) atoms. The third-order valence-corrected chi connectivity index (χ3v) is 5.40. The van der Waals surface area contributed by atoms with Gasteiger partial charge in [-0.1, -0.05) is 18.2 Å². The summed E-state index contributed by atoms with van der Waals surface area (Å²) in [4.78, 5) is 31.7. The molecule has 1 aliphatic rings. The predicted octanol–water partition coefficient (Wildman–Crippen LogP) is 4.21. The van der Waals surface area contributed by atoms with Crippen LogP contribution in [0.25, 0.3) is 5.76 Å². The van der Waals surface area contributed by atoms with E-state index in [0.29, 0.717) is 30.3 Å². The maximum absolute atomic E-state index is 13.3. The zero-order valence-electron chi connectivity index (χ0n) is 18.8. The lowest BCUT2D eigenvalue weighted by molar-refractivity contribution is -0.132. The quantitative estimate of drug-likeness (QED) is 0.309. The molecule has 8 heteroatoms. The van der Waals surface area contributed by atoms with Gasteiger partial charge in [0, 0.05) is 18.5 Å². The molecule has 1 atom stereocenters. The molecule has 0 aliphatic carbocycles. The van der Waals surface area contributed by atoms with Crippen molar-refractivity contribution in [3.05, 3.63) is 83.7 Å². The molecule has 1 aromatic heterocycles. The molecule has 1 fully saturated rings. The molecule has 1 amide bonds. The van der Waals surface area contributed by atoms with Crippen molar-refractivity contribution in [3.8, 4) is 17.2 Å². The summed E-state index contributed by atoms with van der Waals surface area (Å²) in [5.74, 6) is -1.47. The predicted molar refractivity (Wildman–Crippen MR) is 126 cm³/mol. The number of pyridine rings is 1. The van der Waals surface area contributed by atoms with Crippen LogP contribution >= 0.6 is 0 Å². The highest BCUT2D eigenvalue weighted by Gasteiger charge is 2.48. The smallest absolute Gasteiger partial charge is 0.300 e. The lowest BCUT2D eigenvalue weighted by Crippen LogP contribution is -2.29. The number of ether oxygens (including phenoxy) is 2. The third-order valence-electron chi connectivity index (χ3n) is 5.40. The Hall–Kier alpha value is -4.33. The Bertz CT molecular complexity index is 1260. The average Bonchev–Trinajstić information content (AvgIpc) is 3.10. The Labute approximate surface area is 196 Å². The molecule has 2 aromatic carbocycles. The lowest BCUT2D eigenvalue weighted by Gasteiger charge is -2.25. The highest BCUT2D eigenvalue weighted by Crippen LogP contribution is 2.45. The van der Waals surface area contributed by atoms with Crippen LogP contribution in [0.5, 0.6) is 17.2 Å². The molecule has 2 heterocycles. The first-order valence-electron chi connectivity index (χ1n) is 10.9. The van der Waals surface area contributed by atoms with Gasteiger partial charge in [-0.25, -0.2) is 0 Å². The molecule has 0 radical (unpaired) electrons. The van der Waals surface area contributed by atoms with E-state index >= 15 is 0 Å². The van der Waals surface area contributed by atoms with E-state index in [1.54, 1.807) is 55.6 Å². The first-order valence-corrected chi connectivity index (χ1v) is 10.9. The molecule has 0 spiro atoms. The number of aromatic hydroxyl groups is 1. The number of anilines is 1. The minimum absolute atomic E-state index is 0.133. The number of phenolic OH excluding ortho intramolecular Hbond substituents is 1. The van der Waals surface area contributed by atoms with E-state index in [1.165, 1.54) is 23.2 Å². The summed E-state index contributed by atoms with van der Waals surface area (Å²) < 4.78 is 11.2. The van der Waals surface area contributed by atoms with E-state index < -0.39 is 23.5 Å². The molecule has 1 aliphatic heterocycles. The summed E-state index contributed by atoms with van der Waals surface area (Å²) in [6, 6.07) is 13.4. The SMILES string of the molecule is CCOc1ccc(/C(O)=C2/C(=O)C(=O)N(c3ccccc3O)C2c2cccnc2)c(OCC)c1. The van der Waals surface area contributed by atoms with Crippen LogP contribution in [-0.4, -0.2) is 40.1 Å². The largest absolute Gasteiger partial charge is 0.507 e. The van der Waals surface area contributed by atoms with Crippen molar-refractivity contribution >= 4 is 23.1 Å². The maximum atomic E-state index is 13.3. The van der Waals surface area contributed by atoms with Crippen LogP contribution in [0.4, 0.5) is 5.69 Å². The van der Waals surface area contributed by atoms with Gasteiger partial charge >= 0.3 is 0 Å². The van der Waals surface area contributed by atoms with Gasteiger partial charge in [-0.15, -0.1) is 0 Å². The van der Waals surface area contributed by atoms with Crippen LogP contribution in [0.3, 0.4) is 0 Å². The number of aromatic nitrogens is 1. The van der Waals surface area contributed by atoms with Crippen LogP contribution in [0.1, 0.15) is 31.0 Å². The van der Waals surface area contributed by atoms with Crippen LogP contribution < -0.4 is 14.4 Å². The summed E-state index contributed by atoms with van der Waals surface area (Å²) in [5.41, 5.74) is 0.755. The average molecular weight is 460 g/mol. The molecule has 3 aromatic rings. The Kier molecular flexibility index (Phi) is 6.49. The van der Waals surface area contributed by atoms with Crippen molar-refractivity contribution in [3.63, 3.8) is 0 Å². The topological polar surface area (TPSA) is 109 Å². The van der Waals surface area contributed by atoms with Crippen molar-refractivity contribution in [1.82, 2.24) is 4.98 Å². The molecule has 0 saturated carbocycles. The number of phenols is 1. The third kappa shape index (κ3) is 4.05. The summed E-state index contributed by atoms with van der Waals surface area (Å²) in [6.45, 7) is 4.41. The van der Waals surface area contributed by atoms with Gasteiger partial charge in [0.25, 0.3) is 11.7 Å². The Morgan fingerprint density at radius 2 is 1.79 bits per heavy atom. The van der Waals surface area contributed by atoms with Crippen LogP contribution in [0.2, 0.25) is 0 Å². The molecule has 174 valence electrons. The fourth-order valence-corrected chi connectivity index (χ4v) is 3.98. The van der Waals surface area contributed by atoms with Crippen molar-refractivity contribution in [2.45, 2.75) is 19.9 Å². The summed E-state index contributed by atoms with van der Waals surface area (Å²) in [7, 11) is 0. The standard InChI is InChI=1S/C26H24N2O6/c1-3-33-17-11-12-18(21(14-17)34-4-2)24(30)22-23(16-8-7-13-27-15-16)28(26(32)25(22)31)19-9-5-6-10-20(19)29/h5-15,23,29-30H,3-4H2,1-2H3/b24-22-. The zero-order chi connectivity index (χ0) is 24.2. The second-order valence-electron chi connectivity index (χ2n) is 7.47. The van der Waals surface area contributed by atoms with E-state index in [2.05, 4.69) is 4.98 Å². The van der Waals surface area contributed by atoms with E-state index in [4.69, 9.17) is 9.47 Å². The van der Waals surface area contributed by atoms with E-state index in [1.807, 2.05) is 6.92 Å². The number of hydrogen-bond acceptors (Lipinski definition) is 7. The molecule has 2 N–H and O–H groups in total.